The lowest BCUT2D eigenvalue weighted by atomic mass is 9.95. The van der Waals surface area contributed by atoms with Crippen LogP contribution in [0.15, 0.2) is 0 Å². The highest BCUT2D eigenvalue weighted by Crippen LogP contribution is 2.32. The van der Waals surface area contributed by atoms with Crippen LogP contribution in [0.3, 0.4) is 0 Å². The number of nitrogens with zero attached hydrogens (tertiary/aromatic N) is 1. The molecule has 1 amide bonds. The minimum absolute atomic E-state index is 0.0996. The summed E-state index contributed by atoms with van der Waals surface area (Å²) < 4.78 is 0. The molecule has 0 aromatic rings. The molecule has 3 atom stereocenters. The van der Waals surface area contributed by atoms with Crippen LogP contribution in [0.5, 0.6) is 0 Å². The number of hydrogen-bond donors (Lipinski definition) is 2. The van der Waals surface area contributed by atoms with E-state index in [0.29, 0.717) is 25.3 Å². The van der Waals surface area contributed by atoms with Gasteiger partial charge >= 0.3 is 5.97 Å². The number of hydrogen-bond acceptors (Lipinski definition) is 3. The molecule has 0 heterocycles. The number of carbonyl (C=O) groups is 2. The zero-order valence-electron chi connectivity index (χ0n) is 12.3. The Bertz CT molecular complexity index is 321. The largest absolute Gasteiger partial charge is 0.481 e. The maximum atomic E-state index is 12.1. The topological polar surface area (TPSA) is 69.6 Å². The van der Waals surface area contributed by atoms with Gasteiger partial charge in [-0.15, -0.1) is 0 Å². The summed E-state index contributed by atoms with van der Waals surface area (Å²) >= 11 is 0. The fraction of sp³-hybridized carbons (Fsp3) is 0.857. The van der Waals surface area contributed by atoms with Crippen molar-refractivity contribution >= 4 is 11.9 Å². The Balaban J connectivity index is 2.53. The molecule has 0 aromatic carbocycles. The van der Waals surface area contributed by atoms with Gasteiger partial charge in [0.15, 0.2) is 0 Å². The van der Waals surface area contributed by atoms with Crippen molar-refractivity contribution in [3.05, 3.63) is 0 Å². The Morgan fingerprint density at radius 3 is 2.32 bits per heavy atom. The van der Waals surface area contributed by atoms with Crippen molar-refractivity contribution in [1.82, 2.24) is 10.2 Å². The van der Waals surface area contributed by atoms with Crippen LogP contribution in [-0.4, -0.2) is 48.6 Å². The standard InChI is InChI=1S/C14H26N2O3/c1-9(2)12(16(3)4)8-15-13(17)10-6-5-7-11(10)14(18)19/h9-12H,5-8H2,1-4H3,(H,15,17)(H,18,19)/t10-,11+,12?/m1/s1. The predicted octanol–water partition coefficient (Wildman–Crippen LogP) is 1.19. The molecule has 5 nitrogen and oxygen atoms in total. The zero-order valence-corrected chi connectivity index (χ0v) is 12.3. The molecule has 0 aliphatic heterocycles. The molecule has 0 aromatic heterocycles. The van der Waals surface area contributed by atoms with Crippen LogP contribution in [0, 0.1) is 17.8 Å². The molecule has 0 spiro atoms. The summed E-state index contributed by atoms with van der Waals surface area (Å²) in [6, 6.07) is 0.272. The highest BCUT2D eigenvalue weighted by Gasteiger charge is 2.37. The molecular formula is C14H26N2O3. The monoisotopic (exact) mass is 270 g/mol. The molecule has 0 saturated heterocycles. The van der Waals surface area contributed by atoms with E-state index in [1.165, 1.54) is 0 Å². The van der Waals surface area contributed by atoms with Crippen LogP contribution >= 0.6 is 0 Å². The minimum atomic E-state index is -0.842. The third-order valence-corrected chi connectivity index (χ3v) is 4.09. The molecule has 1 aliphatic rings. The summed E-state index contributed by atoms with van der Waals surface area (Å²) in [5.41, 5.74) is 0. The average Bonchev–Trinajstić information content (AvgIpc) is 2.76. The normalized spacial score (nSPS) is 24.7. The molecular weight excluding hydrogens is 244 g/mol. The van der Waals surface area contributed by atoms with Gasteiger partial charge < -0.3 is 15.3 Å². The summed E-state index contributed by atoms with van der Waals surface area (Å²) in [6.07, 6.45) is 2.14. The summed E-state index contributed by atoms with van der Waals surface area (Å²) in [4.78, 5) is 25.3. The van der Waals surface area contributed by atoms with E-state index in [2.05, 4.69) is 24.1 Å². The first-order valence-corrected chi connectivity index (χ1v) is 7.01. The Labute approximate surface area is 115 Å². The first-order chi connectivity index (χ1) is 8.84. The molecule has 0 radical (unpaired) electrons. The number of carbonyl (C=O) groups excluding carboxylic acids is 1. The van der Waals surface area contributed by atoms with E-state index >= 15 is 0 Å². The molecule has 110 valence electrons. The zero-order chi connectivity index (χ0) is 14.6. The third kappa shape index (κ3) is 4.20. The minimum Gasteiger partial charge on any atom is -0.481 e. The molecule has 1 fully saturated rings. The average molecular weight is 270 g/mol. The van der Waals surface area contributed by atoms with Crippen molar-refractivity contribution in [2.75, 3.05) is 20.6 Å². The van der Waals surface area contributed by atoms with Crippen molar-refractivity contribution in [3.63, 3.8) is 0 Å². The quantitative estimate of drug-likeness (QED) is 0.760. The van der Waals surface area contributed by atoms with E-state index in [9.17, 15) is 9.59 Å². The number of carboxylic acids is 1. The maximum absolute atomic E-state index is 12.1. The second-order valence-electron chi connectivity index (χ2n) is 6.00. The van der Waals surface area contributed by atoms with Gasteiger partial charge in [-0.1, -0.05) is 20.3 Å². The molecule has 1 aliphatic carbocycles. The van der Waals surface area contributed by atoms with Gasteiger partial charge in [0.05, 0.1) is 11.8 Å². The number of rotatable bonds is 6. The van der Waals surface area contributed by atoms with Crippen molar-refractivity contribution in [2.24, 2.45) is 17.8 Å². The van der Waals surface area contributed by atoms with Crippen LogP contribution < -0.4 is 5.32 Å². The summed E-state index contributed by atoms with van der Waals surface area (Å²) in [6.45, 7) is 4.81. The molecule has 1 unspecified atom stereocenters. The summed E-state index contributed by atoms with van der Waals surface area (Å²) in [5, 5.41) is 12.0. The molecule has 1 saturated carbocycles. The number of amides is 1. The highest BCUT2D eigenvalue weighted by molar-refractivity contribution is 5.85. The lowest BCUT2D eigenvalue weighted by Crippen LogP contribution is -2.45. The third-order valence-electron chi connectivity index (χ3n) is 4.09. The van der Waals surface area contributed by atoms with E-state index in [1.807, 2.05) is 14.1 Å². The lowest BCUT2D eigenvalue weighted by Gasteiger charge is -2.28. The Hall–Kier alpha value is -1.10. The fourth-order valence-electron chi connectivity index (χ4n) is 2.92. The Morgan fingerprint density at radius 1 is 1.26 bits per heavy atom. The molecule has 19 heavy (non-hydrogen) atoms. The first kappa shape index (κ1) is 16.0. The van der Waals surface area contributed by atoms with Crippen LogP contribution in [-0.2, 0) is 9.59 Å². The summed E-state index contributed by atoms with van der Waals surface area (Å²) in [7, 11) is 3.99. The van der Waals surface area contributed by atoms with Gasteiger partial charge in [-0.3, -0.25) is 9.59 Å². The number of carboxylic acid groups (broad SMARTS) is 1. The fourth-order valence-corrected chi connectivity index (χ4v) is 2.92. The van der Waals surface area contributed by atoms with Gasteiger partial charge in [0.25, 0.3) is 0 Å². The van der Waals surface area contributed by atoms with E-state index < -0.39 is 11.9 Å². The second-order valence-corrected chi connectivity index (χ2v) is 6.00. The van der Waals surface area contributed by atoms with E-state index in [4.69, 9.17) is 5.11 Å². The van der Waals surface area contributed by atoms with E-state index in [-0.39, 0.29) is 17.9 Å². The van der Waals surface area contributed by atoms with Gasteiger partial charge in [-0.2, -0.15) is 0 Å². The maximum Gasteiger partial charge on any atom is 0.307 e. The van der Waals surface area contributed by atoms with Crippen molar-refractivity contribution in [1.29, 1.82) is 0 Å². The second kappa shape index (κ2) is 6.89. The molecule has 0 bridgehead atoms. The van der Waals surface area contributed by atoms with Crippen molar-refractivity contribution in [2.45, 2.75) is 39.2 Å². The van der Waals surface area contributed by atoms with E-state index in [0.717, 1.165) is 6.42 Å². The number of aliphatic carboxylic acids is 1. The van der Waals surface area contributed by atoms with Crippen molar-refractivity contribution in [3.8, 4) is 0 Å². The van der Waals surface area contributed by atoms with Crippen LogP contribution in [0.25, 0.3) is 0 Å². The highest BCUT2D eigenvalue weighted by atomic mass is 16.4. The van der Waals surface area contributed by atoms with E-state index in [1.54, 1.807) is 0 Å². The Morgan fingerprint density at radius 2 is 1.84 bits per heavy atom. The van der Waals surface area contributed by atoms with Gasteiger partial charge in [0, 0.05) is 12.6 Å². The number of likely N-dealkylation sites (N-methyl/N-ethyl adjacent to an activating group) is 1. The molecule has 1 rings (SSSR count). The number of nitrogens with one attached hydrogen (secondary N) is 1. The van der Waals surface area contributed by atoms with Crippen LogP contribution in [0.4, 0.5) is 0 Å². The van der Waals surface area contributed by atoms with Crippen LogP contribution in [0.1, 0.15) is 33.1 Å². The molecule has 2 N–H and O–H groups in total. The lowest BCUT2D eigenvalue weighted by molar-refractivity contribution is -0.146. The van der Waals surface area contributed by atoms with Crippen molar-refractivity contribution < 1.29 is 14.7 Å². The van der Waals surface area contributed by atoms with Crippen LogP contribution in [0.2, 0.25) is 0 Å². The van der Waals surface area contributed by atoms with Gasteiger partial charge in [0.1, 0.15) is 0 Å². The smallest absolute Gasteiger partial charge is 0.307 e. The molecule has 5 heteroatoms. The van der Waals surface area contributed by atoms with Gasteiger partial charge in [-0.25, -0.2) is 0 Å². The Kier molecular flexibility index (Phi) is 5.79. The summed E-state index contributed by atoms with van der Waals surface area (Å²) in [5.74, 6) is -1.36. The first-order valence-electron chi connectivity index (χ1n) is 7.01. The predicted molar refractivity (Wildman–Crippen MR) is 73.8 cm³/mol. The van der Waals surface area contributed by atoms with Gasteiger partial charge in [0.2, 0.25) is 5.91 Å². The van der Waals surface area contributed by atoms with Gasteiger partial charge in [-0.05, 0) is 32.9 Å². The SMILES string of the molecule is CC(C)C(CNC(=O)[C@@H]1CCC[C@@H]1C(=O)O)N(C)C.